The van der Waals surface area contributed by atoms with Crippen molar-refractivity contribution in [3.63, 3.8) is 0 Å². The summed E-state index contributed by atoms with van der Waals surface area (Å²) in [5.74, 6) is 0. The molecule has 0 unspecified atom stereocenters. The average Bonchev–Trinajstić information content (AvgIpc) is 2.44. The molecule has 4 heteroatoms. The molecule has 0 saturated carbocycles. The Bertz CT molecular complexity index is 358. The van der Waals surface area contributed by atoms with Crippen LogP contribution in [0.1, 0.15) is 30.5 Å². The molecule has 0 amide bonds. The van der Waals surface area contributed by atoms with Gasteiger partial charge < -0.3 is 10.5 Å². The Hall–Kier alpha value is -0.970. The maximum Gasteiger partial charge on any atom is 0.0599 e. The van der Waals surface area contributed by atoms with E-state index in [0.29, 0.717) is 6.10 Å². The highest BCUT2D eigenvalue weighted by molar-refractivity contribution is 5.12. The molecular weight excluding hydrogens is 238 g/mol. The van der Waals surface area contributed by atoms with Gasteiger partial charge in [0.25, 0.3) is 0 Å². The molecule has 0 spiro atoms. The van der Waals surface area contributed by atoms with Crippen molar-refractivity contribution in [1.29, 1.82) is 0 Å². The Balaban J connectivity index is 1.69. The highest BCUT2D eigenvalue weighted by atomic mass is 16.5. The minimum absolute atomic E-state index is 0.425. The van der Waals surface area contributed by atoms with Crippen molar-refractivity contribution < 1.29 is 4.74 Å². The molecule has 0 atom stereocenters. The fourth-order valence-corrected chi connectivity index (χ4v) is 2.39. The van der Waals surface area contributed by atoms with Gasteiger partial charge >= 0.3 is 0 Å². The molecule has 2 rings (SSSR count). The fourth-order valence-electron chi connectivity index (χ4n) is 2.39. The van der Waals surface area contributed by atoms with Crippen LogP contribution < -0.4 is 5.73 Å². The molecule has 1 aliphatic rings. The number of piperidine rings is 1. The fraction of sp³-hybridized carbons (Fsp3) is 0.667. The number of nitrogens with two attached hydrogens (primary N) is 1. The van der Waals surface area contributed by atoms with E-state index in [9.17, 15) is 0 Å². The normalized spacial score (nSPS) is 17.8. The van der Waals surface area contributed by atoms with E-state index in [-0.39, 0.29) is 0 Å². The minimum Gasteiger partial charge on any atom is -0.378 e. The predicted molar refractivity (Wildman–Crippen MR) is 76.9 cm³/mol. The van der Waals surface area contributed by atoms with Gasteiger partial charge in [-0.2, -0.15) is 0 Å². The van der Waals surface area contributed by atoms with Crippen molar-refractivity contribution in [3.8, 4) is 0 Å². The summed E-state index contributed by atoms with van der Waals surface area (Å²) in [7, 11) is 0. The first-order valence-electron chi connectivity index (χ1n) is 7.23. The van der Waals surface area contributed by atoms with Gasteiger partial charge in [0.2, 0.25) is 0 Å². The summed E-state index contributed by atoms with van der Waals surface area (Å²) in [6.45, 7) is 6.75. The lowest BCUT2D eigenvalue weighted by Gasteiger charge is -2.31. The molecular formula is C15H25N3O. The number of nitrogens with zero attached hydrogens (tertiary/aromatic N) is 2. The number of ether oxygens (including phenoxy) is 1. The van der Waals surface area contributed by atoms with E-state index in [1.54, 1.807) is 0 Å². The van der Waals surface area contributed by atoms with Crippen molar-refractivity contribution in [2.45, 2.75) is 38.8 Å². The van der Waals surface area contributed by atoms with Gasteiger partial charge in [0.1, 0.15) is 0 Å². The second-order valence-electron chi connectivity index (χ2n) is 5.32. The number of aryl methyl sites for hydroxylation is 1. The summed E-state index contributed by atoms with van der Waals surface area (Å²) in [5.41, 5.74) is 7.85. The van der Waals surface area contributed by atoms with E-state index < -0.39 is 0 Å². The Morgan fingerprint density at radius 2 is 2.16 bits per heavy atom. The highest BCUT2D eigenvalue weighted by Crippen LogP contribution is 2.15. The molecule has 1 aliphatic heterocycles. The lowest BCUT2D eigenvalue weighted by Crippen LogP contribution is -2.37. The summed E-state index contributed by atoms with van der Waals surface area (Å²) in [6.07, 6.45) is 5.58. The van der Waals surface area contributed by atoms with Gasteiger partial charge in [0, 0.05) is 32.4 Å². The van der Waals surface area contributed by atoms with E-state index in [1.165, 1.54) is 5.56 Å². The Labute approximate surface area is 116 Å². The molecule has 2 heterocycles. The maximum absolute atomic E-state index is 5.82. The largest absolute Gasteiger partial charge is 0.378 e. The summed E-state index contributed by atoms with van der Waals surface area (Å²) >= 11 is 0. The van der Waals surface area contributed by atoms with Gasteiger partial charge in [-0.25, -0.2) is 0 Å². The van der Waals surface area contributed by atoms with Crippen LogP contribution in [0.2, 0.25) is 0 Å². The molecule has 1 aromatic heterocycles. The standard InChI is InChI=1S/C15H25N3O/c1-13-3-4-14(17-11-13)12-18-8-5-15(6-9-18)19-10-2-7-16/h3-4,11,15H,2,5-10,12,16H2,1H3. The monoisotopic (exact) mass is 263 g/mol. The molecule has 0 aromatic carbocycles. The molecule has 19 heavy (non-hydrogen) atoms. The third-order valence-corrected chi connectivity index (χ3v) is 3.59. The molecule has 1 fully saturated rings. The van der Waals surface area contributed by atoms with Crippen molar-refractivity contribution >= 4 is 0 Å². The van der Waals surface area contributed by atoms with Gasteiger partial charge in [-0.3, -0.25) is 9.88 Å². The highest BCUT2D eigenvalue weighted by Gasteiger charge is 2.19. The molecule has 0 radical (unpaired) electrons. The van der Waals surface area contributed by atoms with Crippen LogP contribution in [0.5, 0.6) is 0 Å². The zero-order valence-corrected chi connectivity index (χ0v) is 11.8. The molecule has 4 nitrogen and oxygen atoms in total. The zero-order valence-electron chi connectivity index (χ0n) is 11.8. The van der Waals surface area contributed by atoms with Crippen LogP contribution in [-0.4, -0.2) is 42.2 Å². The van der Waals surface area contributed by atoms with E-state index >= 15 is 0 Å². The number of pyridine rings is 1. The number of hydrogen-bond acceptors (Lipinski definition) is 4. The van der Waals surface area contributed by atoms with Crippen LogP contribution in [-0.2, 0) is 11.3 Å². The van der Waals surface area contributed by atoms with Crippen LogP contribution in [0.15, 0.2) is 18.3 Å². The molecule has 1 aromatic rings. The van der Waals surface area contributed by atoms with Crippen LogP contribution in [0.25, 0.3) is 0 Å². The summed E-state index contributed by atoms with van der Waals surface area (Å²) in [6, 6.07) is 4.25. The number of hydrogen-bond donors (Lipinski definition) is 1. The van der Waals surface area contributed by atoms with Crippen LogP contribution in [0, 0.1) is 6.92 Å². The second kappa shape index (κ2) is 7.58. The first-order chi connectivity index (χ1) is 9.28. The first kappa shape index (κ1) is 14.4. The van der Waals surface area contributed by atoms with E-state index in [1.807, 2.05) is 6.20 Å². The smallest absolute Gasteiger partial charge is 0.0599 e. The van der Waals surface area contributed by atoms with Gasteiger partial charge in [-0.15, -0.1) is 0 Å². The molecule has 0 bridgehead atoms. The summed E-state index contributed by atoms with van der Waals surface area (Å²) in [5, 5.41) is 0. The Kier molecular flexibility index (Phi) is 5.76. The van der Waals surface area contributed by atoms with Gasteiger partial charge in [0.05, 0.1) is 11.8 Å². The quantitative estimate of drug-likeness (QED) is 0.794. The van der Waals surface area contributed by atoms with Crippen molar-refractivity contribution in [1.82, 2.24) is 9.88 Å². The summed E-state index contributed by atoms with van der Waals surface area (Å²) < 4.78 is 5.82. The first-order valence-corrected chi connectivity index (χ1v) is 7.23. The lowest BCUT2D eigenvalue weighted by molar-refractivity contribution is 0.00540. The third-order valence-electron chi connectivity index (χ3n) is 3.59. The molecule has 1 saturated heterocycles. The van der Waals surface area contributed by atoms with Gasteiger partial charge in [-0.1, -0.05) is 6.07 Å². The van der Waals surface area contributed by atoms with E-state index in [2.05, 4.69) is 28.9 Å². The Morgan fingerprint density at radius 1 is 1.37 bits per heavy atom. The third kappa shape index (κ3) is 4.90. The zero-order chi connectivity index (χ0) is 13.5. The number of aromatic nitrogens is 1. The van der Waals surface area contributed by atoms with E-state index in [0.717, 1.165) is 57.7 Å². The van der Waals surface area contributed by atoms with Crippen molar-refractivity contribution in [2.75, 3.05) is 26.2 Å². The SMILES string of the molecule is Cc1ccc(CN2CCC(OCCCN)CC2)nc1. The van der Waals surface area contributed by atoms with Crippen LogP contribution >= 0.6 is 0 Å². The predicted octanol–water partition coefficient (Wildman–Crippen LogP) is 1.72. The van der Waals surface area contributed by atoms with Crippen molar-refractivity contribution in [3.05, 3.63) is 29.6 Å². The minimum atomic E-state index is 0.425. The Morgan fingerprint density at radius 3 is 2.79 bits per heavy atom. The second-order valence-corrected chi connectivity index (χ2v) is 5.32. The number of rotatable bonds is 6. The molecule has 106 valence electrons. The van der Waals surface area contributed by atoms with Crippen LogP contribution in [0.4, 0.5) is 0 Å². The van der Waals surface area contributed by atoms with Gasteiger partial charge in [-0.05, 0) is 44.4 Å². The van der Waals surface area contributed by atoms with E-state index in [4.69, 9.17) is 10.5 Å². The lowest BCUT2D eigenvalue weighted by atomic mass is 10.1. The van der Waals surface area contributed by atoms with Crippen LogP contribution in [0.3, 0.4) is 0 Å². The van der Waals surface area contributed by atoms with Crippen molar-refractivity contribution in [2.24, 2.45) is 5.73 Å². The summed E-state index contributed by atoms with van der Waals surface area (Å²) in [4.78, 5) is 6.92. The topological polar surface area (TPSA) is 51.4 Å². The molecule has 0 aliphatic carbocycles. The number of likely N-dealkylation sites (tertiary alicyclic amines) is 1. The average molecular weight is 263 g/mol. The molecule has 2 N–H and O–H groups in total. The maximum atomic E-state index is 5.82. The van der Waals surface area contributed by atoms with Gasteiger partial charge in [0.15, 0.2) is 0 Å².